The Morgan fingerprint density at radius 2 is 1.27 bits per heavy atom. The lowest BCUT2D eigenvalue weighted by atomic mass is 10.2. The van der Waals surface area contributed by atoms with Gasteiger partial charge in [-0.15, -0.1) is 0 Å². The van der Waals surface area contributed by atoms with Crippen molar-refractivity contribution in [2.24, 2.45) is 0 Å². The number of hydrogen-bond acceptors (Lipinski definition) is 8. The number of rotatable bonds is 12. The van der Waals surface area contributed by atoms with Gasteiger partial charge in [0.25, 0.3) is 0 Å². The summed E-state index contributed by atoms with van der Waals surface area (Å²) >= 11 is 1.05. The van der Waals surface area contributed by atoms with E-state index in [1.54, 1.807) is 55.5 Å². The molecule has 2 rings (SSSR count). The third-order valence-corrected chi connectivity index (χ3v) is 4.79. The van der Waals surface area contributed by atoms with E-state index in [2.05, 4.69) is 17.9 Å². The zero-order valence-electron chi connectivity index (χ0n) is 18.0. The number of halogens is 1. The highest BCUT2D eigenvalue weighted by molar-refractivity contribution is 8.14. The maximum absolute atomic E-state index is 12.5. The van der Waals surface area contributed by atoms with Crippen molar-refractivity contribution < 1.29 is 37.7 Å². The van der Waals surface area contributed by atoms with Gasteiger partial charge in [-0.2, -0.15) is 4.39 Å². The summed E-state index contributed by atoms with van der Waals surface area (Å²) in [6.07, 6.45) is 0. The molecule has 0 saturated heterocycles. The van der Waals surface area contributed by atoms with Crippen LogP contribution in [0.2, 0.25) is 0 Å². The molecule has 0 spiro atoms. The van der Waals surface area contributed by atoms with Crippen LogP contribution in [0.1, 0.15) is 17.3 Å². The predicted octanol–water partition coefficient (Wildman–Crippen LogP) is 4.52. The molecule has 9 heteroatoms. The van der Waals surface area contributed by atoms with Gasteiger partial charge in [-0.1, -0.05) is 13.2 Å². The van der Waals surface area contributed by atoms with E-state index in [0.29, 0.717) is 27.5 Å². The van der Waals surface area contributed by atoms with E-state index in [9.17, 15) is 18.8 Å². The number of benzene rings is 2. The first-order chi connectivity index (χ1) is 15.8. The molecule has 0 aliphatic heterocycles. The zero-order valence-corrected chi connectivity index (χ0v) is 18.8. The zero-order chi connectivity index (χ0) is 24.2. The van der Waals surface area contributed by atoms with Crippen LogP contribution in [-0.2, 0) is 19.1 Å². The summed E-state index contributed by atoms with van der Waals surface area (Å²) in [6, 6.07) is 13.4. The molecule has 0 atom stereocenters. The van der Waals surface area contributed by atoms with E-state index in [1.165, 1.54) is 0 Å². The number of thioether (sulfide) groups is 1. The summed E-state index contributed by atoms with van der Waals surface area (Å²) in [5, 5.41) is -0.149. The van der Waals surface area contributed by atoms with Crippen LogP contribution in [0.25, 0.3) is 0 Å². The number of ether oxygens (including phenoxy) is 4. The van der Waals surface area contributed by atoms with Crippen LogP contribution in [0.15, 0.2) is 78.0 Å². The summed E-state index contributed by atoms with van der Waals surface area (Å²) in [6.45, 7) is 8.12. The first kappa shape index (κ1) is 25.7. The van der Waals surface area contributed by atoms with Crippen LogP contribution < -0.4 is 9.47 Å². The largest absolute Gasteiger partial charge is 0.490 e. The van der Waals surface area contributed by atoms with Gasteiger partial charge in [0, 0.05) is 16.0 Å². The number of carbonyl (C=O) groups excluding carboxylic acids is 3. The highest BCUT2D eigenvalue weighted by Crippen LogP contribution is 2.26. The Bertz CT molecular complexity index is 1000. The predicted molar refractivity (Wildman–Crippen MR) is 121 cm³/mol. The van der Waals surface area contributed by atoms with Crippen LogP contribution >= 0.6 is 11.8 Å². The van der Waals surface area contributed by atoms with E-state index in [4.69, 9.17) is 14.2 Å². The Hall–Kier alpha value is -3.59. The minimum atomic E-state index is -1.16. The second-order valence-electron chi connectivity index (χ2n) is 6.54. The fourth-order valence-corrected chi connectivity index (χ4v) is 2.99. The van der Waals surface area contributed by atoms with Gasteiger partial charge in [-0.25, -0.2) is 9.59 Å². The molecule has 174 valence electrons. The van der Waals surface area contributed by atoms with Gasteiger partial charge in [-0.05, 0) is 67.2 Å². The SMILES string of the molecule is C=C(C)C(=O)OCCOc1ccc(C(=O)Sc2ccc(OCCOC(=O)C(=C)F)cc2)cc1. The molecule has 0 amide bonds. The molecule has 0 unspecified atom stereocenters. The fraction of sp³-hybridized carbons (Fsp3) is 0.208. The summed E-state index contributed by atoms with van der Waals surface area (Å²) in [7, 11) is 0. The summed E-state index contributed by atoms with van der Waals surface area (Å²) in [4.78, 5) is 35.4. The molecular formula is C24H23FO7S. The van der Waals surface area contributed by atoms with Crippen molar-refractivity contribution in [3.05, 3.63) is 78.7 Å². The molecule has 0 heterocycles. The van der Waals surface area contributed by atoms with Crippen molar-refractivity contribution >= 4 is 28.8 Å². The number of esters is 2. The minimum absolute atomic E-state index is 0.0508. The lowest BCUT2D eigenvalue weighted by Gasteiger charge is -2.08. The van der Waals surface area contributed by atoms with Gasteiger partial charge >= 0.3 is 11.9 Å². The third-order valence-electron chi connectivity index (χ3n) is 3.86. The molecule has 0 aromatic heterocycles. The Balaban J connectivity index is 1.75. The van der Waals surface area contributed by atoms with Crippen molar-refractivity contribution in [2.45, 2.75) is 11.8 Å². The van der Waals surface area contributed by atoms with Gasteiger partial charge in [0.15, 0.2) is 0 Å². The summed E-state index contributed by atoms with van der Waals surface area (Å²) in [5.41, 5.74) is 0.819. The Morgan fingerprint density at radius 3 is 1.76 bits per heavy atom. The molecular weight excluding hydrogens is 451 g/mol. The van der Waals surface area contributed by atoms with Crippen LogP contribution in [0.4, 0.5) is 4.39 Å². The van der Waals surface area contributed by atoms with Crippen LogP contribution in [0.5, 0.6) is 11.5 Å². The average molecular weight is 475 g/mol. The van der Waals surface area contributed by atoms with Crippen molar-refractivity contribution in [3.8, 4) is 11.5 Å². The van der Waals surface area contributed by atoms with Crippen LogP contribution in [0.3, 0.4) is 0 Å². The standard InChI is InChI=1S/C24H23FO7S/c1-16(2)22(26)31-14-12-29-19-6-4-18(5-7-19)24(28)33-21-10-8-20(9-11-21)30-13-15-32-23(27)17(3)25/h4-11H,1,3,12-15H2,2H3. The lowest BCUT2D eigenvalue weighted by Crippen LogP contribution is -2.12. The van der Waals surface area contributed by atoms with Gasteiger partial charge in [-0.3, -0.25) is 4.79 Å². The first-order valence-corrected chi connectivity index (χ1v) is 10.6. The van der Waals surface area contributed by atoms with Crippen molar-refractivity contribution in [3.63, 3.8) is 0 Å². The maximum Gasteiger partial charge on any atom is 0.366 e. The van der Waals surface area contributed by atoms with Crippen molar-refractivity contribution in [1.82, 2.24) is 0 Å². The van der Waals surface area contributed by atoms with Gasteiger partial charge < -0.3 is 18.9 Å². The monoisotopic (exact) mass is 474 g/mol. The second-order valence-corrected chi connectivity index (χ2v) is 7.59. The van der Waals surface area contributed by atoms with Crippen molar-refractivity contribution in [2.75, 3.05) is 26.4 Å². The molecule has 2 aromatic rings. The highest BCUT2D eigenvalue weighted by atomic mass is 32.2. The maximum atomic E-state index is 12.5. The molecule has 0 saturated carbocycles. The summed E-state index contributed by atoms with van der Waals surface area (Å²) < 4.78 is 32.9. The second kappa shape index (κ2) is 13.1. The Kier molecular flexibility index (Phi) is 10.2. The molecule has 7 nitrogen and oxygen atoms in total. The topological polar surface area (TPSA) is 88.1 Å². The van der Waals surface area contributed by atoms with Crippen molar-refractivity contribution in [1.29, 1.82) is 0 Å². The Labute approximate surface area is 195 Å². The van der Waals surface area contributed by atoms with E-state index < -0.39 is 17.8 Å². The van der Waals surface area contributed by atoms with Gasteiger partial charge in [0.2, 0.25) is 10.9 Å². The number of hydrogen-bond donors (Lipinski definition) is 0. The molecule has 0 N–H and O–H groups in total. The van der Waals surface area contributed by atoms with E-state index in [-0.39, 0.29) is 31.5 Å². The lowest BCUT2D eigenvalue weighted by molar-refractivity contribution is -0.141. The molecule has 2 aromatic carbocycles. The van der Waals surface area contributed by atoms with Crippen LogP contribution in [0, 0.1) is 0 Å². The quantitative estimate of drug-likeness (QED) is 0.192. The third kappa shape index (κ3) is 9.20. The van der Waals surface area contributed by atoms with E-state index in [0.717, 1.165) is 11.8 Å². The van der Waals surface area contributed by atoms with E-state index >= 15 is 0 Å². The normalized spacial score (nSPS) is 10.1. The average Bonchev–Trinajstić information content (AvgIpc) is 2.80. The summed E-state index contributed by atoms with van der Waals surface area (Å²) in [5.74, 6) is -1.69. The molecule has 0 bridgehead atoms. The highest BCUT2D eigenvalue weighted by Gasteiger charge is 2.10. The molecule has 33 heavy (non-hydrogen) atoms. The number of carbonyl (C=O) groups is 3. The van der Waals surface area contributed by atoms with E-state index in [1.807, 2.05) is 0 Å². The van der Waals surface area contributed by atoms with Gasteiger partial charge in [0.05, 0.1) is 0 Å². The first-order valence-electron chi connectivity index (χ1n) is 9.78. The van der Waals surface area contributed by atoms with Crippen LogP contribution in [-0.4, -0.2) is 43.5 Å². The fourth-order valence-electron chi connectivity index (χ4n) is 2.25. The molecule has 0 fully saturated rings. The molecule has 0 aliphatic carbocycles. The molecule has 0 aliphatic rings. The van der Waals surface area contributed by atoms with Gasteiger partial charge in [0.1, 0.15) is 37.9 Å². The molecule has 0 radical (unpaired) electrons. The minimum Gasteiger partial charge on any atom is -0.490 e. The Morgan fingerprint density at radius 1 is 0.788 bits per heavy atom. The smallest absolute Gasteiger partial charge is 0.366 e.